The average Bonchev–Trinajstić information content (AvgIpc) is 2.68. The molecule has 102 valence electrons. The average molecular weight is 336 g/mol. The zero-order chi connectivity index (χ0) is 14.5. The second-order valence-electron chi connectivity index (χ2n) is 5.61. The summed E-state index contributed by atoms with van der Waals surface area (Å²) in [5.74, 6) is 0. The van der Waals surface area contributed by atoms with Gasteiger partial charge in [0.2, 0.25) is 0 Å². The molecule has 0 spiro atoms. The Morgan fingerprint density at radius 1 is 0.474 bits per heavy atom. The van der Waals surface area contributed by atoms with Gasteiger partial charge in [-0.25, -0.2) is 0 Å². The van der Waals surface area contributed by atoms with Crippen molar-refractivity contribution < 1.29 is 23.8 Å². The van der Waals surface area contributed by atoms with Crippen molar-refractivity contribution in [3.63, 3.8) is 0 Å². The maximum absolute atomic E-state index is 2.60. The Morgan fingerprint density at radius 2 is 0.684 bits per heavy atom. The summed E-state index contributed by atoms with van der Waals surface area (Å²) >= 11 is -0.842. The van der Waals surface area contributed by atoms with Crippen molar-refractivity contribution in [1.82, 2.24) is 5.02 Å². The quantitative estimate of drug-likeness (QED) is 0.783. The summed E-state index contributed by atoms with van der Waals surface area (Å²) in [5.41, 5.74) is 11.7. The number of nitrogens with zero attached hydrogens (tertiary/aromatic N) is 2. The van der Waals surface area contributed by atoms with Crippen LogP contribution in [0, 0.1) is 55.4 Å². The van der Waals surface area contributed by atoms with Gasteiger partial charge >= 0.3 is 129 Å². The van der Waals surface area contributed by atoms with Crippen LogP contribution in [0.2, 0.25) is 0 Å². The first-order chi connectivity index (χ1) is 8.77. The van der Waals surface area contributed by atoms with Crippen molar-refractivity contribution in [3.8, 4) is 0 Å². The van der Waals surface area contributed by atoms with Crippen molar-refractivity contribution in [2.75, 3.05) is 0 Å². The summed E-state index contributed by atoms with van der Waals surface area (Å²) in [6.45, 7) is 18.1. The number of aromatic nitrogens is 2. The molecule has 0 atom stereocenters. The molecule has 0 amide bonds. The van der Waals surface area contributed by atoms with Crippen LogP contribution >= 0.6 is 0 Å². The van der Waals surface area contributed by atoms with Crippen molar-refractivity contribution in [1.29, 1.82) is 0 Å². The molecule has 0 N–H and O–H groups in total. The van der Waals surface area contributed by atoms with Gasteiger partial charge < -0.3 is 0 Å². The van der Waals surface area contributed by atoms with E-state index in [1.54, 1.807) is 0 Å². The van der Waals surface area contributed by atoms with E-state index in [0.717, 1.165) is 0 Å². The van der Waals surface area contributed by atoms with Crippen LogP contribution < -0.4 is 0 Å². The fourth-order valence-electron chi connectivity index (χ4n) is 2.66. The van der Waals surface area contributed by atoms with Crippen LogP contribution in [0.25, 0.3) is 0 Å². The van der Waals surface area contributed by atoms with Crippen LogP contribution in [-0.4, -0.2) is 5.02 Å². The normalized spacial score (nSPS) is 11.2. The first-order valence-corrected chi connectivity index (χ1v) is 9.04. The van der Waals surface area contributed by atoms with Crippen molar-refractivity contribution in [2.45, 2.75) is 55.4 Å². The van der Waals surface area contributed by atoms with Crippen molar-refractivity contribution in [2.24, 2.45) is 0 Å². The Balaban J connectivity index is 2.54. The summed E-state index contributed by atoms with van der Waals surface area (Å²) in [5, 5.41) is 0. The van der Waals surface area contributed by atoms with E-state index >= 15 is 0 Å². The molecule has 0 aromatic carbocycles. The van der Waals surface area contributed by atoms with Crippen LogP contribution in [0.4, 0.5) is 0 Å². The second kappa shape index (κ2) is 5.09. The fraction of sp³-hybridized carbons (Fsp3) is 0.500. The Kier molecular flexibility index (Phi) is 3.98. The van der Waals surface area contributed by atoms with Gasteiger partial charge in [0, 0.05) is 0 Å². The van der Waals surface area contributed by atoms with E-state index in [1.165, 1.54) is 45.0 Å². The van der Waals surface area contributed by atoms with Gasteiger partial charge in [-0.1, -0.05) is 0 Å². The third kappa shape index (κ3) is 2.20. The molecule has 0 radical (unpaired) electrons. The van der Waals surface area contributed by atoms with Gasteiger partial charge in [0.1, 0.15) is 0 Å². The molecule has 0 fully saturated rings. The predicted molar refractivity (Wildman–Crippen MR) is 77.6 cm³/mol. The van der Waals surface area contributed by atoms with Crippen LogP contribution in [0.5, 0.6) is 0 Å². The molecule has 2 nitrogen and oxygen atoms in total. The molecule has 0 aliphatic rings. The Hall–Kier alpha value is -0.557. The van der Waals surface area contributed by atoms with E-state index in [1.807, 2.05) is 0 Å². The molecular formula is C16H24N2Zr. The van der Waals surface area contributed by atoms with Crippen molar-refractivity contribution >= 4 is 0 Å². The third-order valence-corrected chi connectivity index (χ3v) is 9.12. The first-order valence-electron chi connectivity index (χ1n) is 6.84. The minimum absolute atomic E-state index is 0.842. The standard InChI is InChI=1S/2C8H12N.Zr/c2*1-5-6(2)8(4)9-7(5)3;/h2*1-4H3;/q2*-1;+2. The van der Waals surface area contributed by atoms with E-state index in [2.05, 4.69) is 60.4 Å². The Bertz CT molecular complexity index is 537. The molecule has 0 aliphatic heterocycles. The molecule has 0 aliphatic carbocycles. The topological polar surface area (TPSA) is 9.86 Å². The van der Waals surface area contributed by atoms with Gasteiger partial charge in [-0.3, -0.25) is 0 Å². The summed E-state index contributed by atoms with van der Waals surface area (Å²) in [4.78, 5) is 0. The molecule has 0 saturated heterocycles. The van der Waals surface area contributed by atoms with Gasteiger partial charge in [-0.2, -0.15) is 0 Å². The molecule has 19 heavy (non-hydrogen) atoms. The molecule has 2 aromatic heterocycles. The molecule has 2 heterocycles. The van der Waals surface area contributed by atoms with Gasteiger partial charge in [0.05, 0.1) is 0 Å². The molecule has 0 saturated carbocycles. The zero-order valence-electron chi connectivity index (χ0n) is 13.4. The fourth-order valence-corrected chi connectivity index (χ4v) is 6.27. The third-order valence-electron chi connectivity index (χ3n) is 4.84. The molecular weight excluding hydrogens is 311 g/mol. The predicted octanol–water partition coefficient (Wildman–Crippen LogP) is 4.07. The number of hydrogen-bond acceptors (Lipinski definition) is 0. The van der Waals surface area contributed by atoms with Crippen LogP contribution in [0.15, 0.2) is 0 Å². The van der Waals surface area contributed by atoms with Crippen LogP contribution in [0.3, 0.4) is 0 Å². The zero-order valence-corrected chi connectivity index (χ0v) is 15.9. The molecule has 2 rings (SSSR count). The summed E-state index contributed by atoms with van der Waals surface area (Å²) in [6, 6.07) is 0. The van der Waals surface area contributed by atoms with E-state index in [0.29, 0.717) is 0 Å². The van der Waals surface area contributed by atoms with E-state index in [9.17, 15) is 0 Å². The summed E-state index contributed by atoms with van der Waals surface area (Å²) in [7, 11) is 0. The Morgan fingerprint density at radius 3 is 0.895 bits per heavy atom. The van der Waals surface area contributed by atoms with Gasteiger partial charge in [-0.15, -0.1) is 0 Å². The summed E-state index contributed by atoms with van der Waals surface area (Å²) in [6.07, 6.45) is 0. The monoisotopic (exact) mass is 334 g/mol. The van der Waals surface area contributed by atoms with Gasteiger partial charge in [0.25, 0.3) is 0 Å². The maximum atomic E-state index is 2.60. The molecule has 3 heteroatoms. The van der Waals surface area contributed by atoms with E-state index in [-0.39, 0.29) is 0 Å². The SMILES string of the molecule is Cc1c(C)c(C)[n]([Zr][n]2c(C)c(C)c(C)c2C)c1C. The molecule has 2 aromatic rings. The molecule has 0 unspecified atom stereocenters. The summed E-state index contributed by atoms with van der Waals surface area (Å²) < 4.78 is 5.21. The van der Waals surface area contributed by atoms with Gasteiger partial charge in [0.15, 0.2) is 0 Å². The number of rotatable bonds is 2. The van der Waals surface area contributed by atoms with Crippen molar-refractivity contribution in [3.05, 3.63) is 45.0 Å². The minimum atomic E-state index is -0.842. The Labute approximate surface area is 129 Å². The van der Waals surface area contributed by atoms with Crippen LogP contribution in [-0.2, 0) is 23.8 Å². The molecule has 0 bridgehead atoms. The first kappa shape index (κ1) is 14.8. The van der Waals surface area contributed by atoms with E-state index in [4.69, 9.17) is 0 Å². The van der Waals surface area contributed by atoms with Crippen LogP contribution in [0.1, 0.15) is 45.0 Å². The van der Waals surface area contributed by atoms with Gasteiger partial charge in [-0.05, 0) is 0 Å². The second-order valence-corrected chi connectivity index (χ2v) is 8.30. The number of hydrogen-bond donors (Lipinski definition) is 0. The van der Waals surface area contributed by atoms with E-state index < -0.39 is 23.8 Å².